The first kappa shape index (κ1) is 20.2. The zero-order valence-electron chi connectivity index (χ0n) is 17.1. The molecule has 4 rings (SSSR count). The molecule has 0 radical (unpaired) electrons. The van der Waals surface area contributed by atoms with Gasteiger partial charge in [0.05, 0.1) is 28.9 Å². The summed E-state index contributed by atoms with van der Waals surface area (Å²) in [5.41, 5.74) is 4.74. The number of carbonyl (C=O) groups is 1. The van der Waals surface area contributed by atoms with Crippen LogP contribution < -0.4 is 0 Å². The highest BCUT2D eigenvalue weighted by molar-refractivity contribution is 9.10. The number of pyridine rings is 1. The van der Waals surface area contributed by atoms with E-state index in [1.54, 1.807) is 17.7 Å². The van der Waals surface area contributed by atoms with Gasteiger partial charge < -0.3 is 4.74 Å². The second-order valence-electron chi connectivity index (χ2n) is 6.93. The molecular formula is C22H20BrN5O2. The molecule has 0 fully saturated rings. The Morgan fingerprint density at radius 1 is 1.07 bits per heavy atom. The molecule has 0 aliphatic carbocycles. The predicted octanol–water partition coefficient (Wildman–Crippen LogP) is 4.74. The Kier molecular flexibility index (Phi) is 5.34. The van der Waals surface area contributed by atoms with Crippen molar-refractivity contribution in [3.05, 3.63) is 63.5 Å². The van der Waals surface area contributed by atoms with Crippen LogP contribution in [0.2, 0.25) is 0 Å². The number of ether oxygens (including phenoxy) is 1. The average molecular weight is 466 g/mol. The summed E-state index contributed by atoms with van der Waals surface area (Å²) < 4.78 is 7.83. The van der Waals surface area contributed by atoms with Crippen molar-refractivity contribution in [2.75, 3.05) is 6.61 Å². The highest BCUT2D eigenvalue weighted by atomic mass is 79.9. The molecule has 152 valence electrons. The monoisotopic (exact) mass is 465 g/mol. The number of fused-ring (bicyclic) bond motifs is 1. The lowest BCUT2D eigenvalue weighted by atomic mass is 10.1. The van der Waals surface area contributed by atoms with Crippen LogP contribution in [-0.2, 0) is 4.74 Å². The first-order valence-corrected chi connectivity index (χ1v) is 10.3. The lowest BCUT2D eigenvalue weighted by Crippen LogP contribution is -2.08. The van der Waals surface area contributed by atoms with Crippen molar-refractivity contribution in [3.63, 3.8) is 0 Å². The number of aryl methyl sites for hydroxylation is 3. The van der Waals surface area contributed by atoms with Gasteiger partial charge in [-0.1, -0.05) is 28.1 Å². The quantitative estimate of drug-likeness (QED) is 0.404. The number of esters is 1. The summed E-state index contributed by atoms with van der Waals surface area (Å²) in [6.45, 7) is 7.71. The maximum absolute atomic E-state index is 12.8. The van der Waals surface area contributed by atoms with Crippen molar-refractivity contribution in [2.45, 2.75) is 27.7 Å². The molecule has 0 unspecified atom stereocenters. The number of halogens is 1. The Labute approximate surface area is 182 Å². The Hall–Kier alpha value is -3.13. The van der Waals surface area contributed by atoms with Gasteiger partial charge in [-0.2, -0.15) is 9.78 Å². The fourth-order valence-corrected chi connectivity index (χ4v) is 3.80. The topological polar surface area (TPSA) is 82.8 Å². The van der Waals surface area contributed by atoms with Crippen molar-refractivity contribution >= 4 is 32.9 Å². The molecular weight excluding hydrogens is 446 g/mol. The van der Waals surface area contributed by atoms with Gasteiger partial charge in [0.1, 0.15) is 0 Å². The van der Waals surface area contributed by atoms with Crippen molar-refractivity contribution in [3.8, 4) is 17.2 Å². The molecule has 0 bridgehead atoms. The van der Waals surface area contributed by atoms with Gasteiger partial charge in [-0.15, -0.1) is 0 Å². The van der Waals surface area contributed by atoms with Crippen LogP contribution in [0.1, 0.15) is 34.4 Å². The van der Waals surface area contributed by atoms with E-state index in [2.05, 4.69) is 31.0 Å². The molecule has 0 aliphatic heterocycles. The third kappa shape index (κ3) is 3.70. The van der Waals surface area contributed by atoms with Crippen molar-refractivity contribution in [1.29, 1.82) is 0 Å². The predicted molar refractivity (Wildman–Crippen MR) is 118 cm³/mol. The maximum atomic E-state index is 12.8. The third-order valence-corrected chi connectivity index (χ3v) is 5.08. The van der Waals surface area contributed by atoms with Gasteiger partial charge in [0, 0.05) is 21.4 Å². The Morgan fingerprint density at radius 3 is 2.47 bits per heavy atom. The molecule has 1 aromatic carbocycles. The summed E-state index contributed by atoms with van der Waals surface area (Å²) in [7, 11) is 0. The van der Waals surface area contributed by atoms with Crippen molar-refractivity contribution < 1.29 is 9.53 Å². The summed E-state index contributed by atoms with van der Waals surface area (Å²) in [6.07, 6.45) is 0. The SMILES string of the molecule is CCOC(=O)c1cc(-c2cccc(Br)c2)nc2c1c(C)nn2-c1nc(C)cc(C)n1. The van der Waals surface area contributed by atoms with Crippen LogP contribution in [0.15, 0.2) is 40.9 Å². The highest BCUT2D eigenvalue weighted by Gasteiger charge is 2.22. The molecule has 0 saturated carbocycles. The van der Waals surface area contributed by atoms with Crippen LogP contribution in [0, 0.1) is 20.8 Å². The fourth-order valence-electron chi connectivity index (χ4n) is 3.40. The van der Waals surface area contributed by atoms with E-state index in [-0.39, 0.29) is 6.61 Å². The Bertz CT molecular complexity index is 1260. The zero-order valence-corrected chi connectivity index (χ0v) is 18.7. The normalized spacial score (nSPS) is 11.1. The van der Waals surface area contributed by atoms with E-state index in [0.717, 1.165) is 21.4 Å². The first-order valence-electron chi connectivity index (χ1n) is 9.53. The maximum Gasteiger partial charge on any atom is 0.339 e. The van der Waals surface area contributed by atoms with Crippen LogP contribution in [0.4, 0.5) is 0 Å². The molecule has 4 aromatic rings. The zero-order chi connectivity index (χ0) is 21.4. The van der Waals surface area contributed by atoms with E-state index in [1.165, 1.54) is 0 Å². The number of rotatable bonds is 4. The van der Waals surface area contributed by atoms with Gasteiger partial charge in [-0.05, 0) is 52.0 Å². The van der Waals surface area contributed by atoms with Gasteiger partial charge in [0.25, 0.3) is 5.95 Å². The third-order valence-electron chi connectivity index (χ3n) is 4.59. The van der Waals surface area contributed by atoms with Gasteiger partial charge >= 0.3 is 5.97 Å². The number of hydrogen-bond donors (Lipinski definition) is 0. The molecule has 7 nitrogen and oxygen atoms in total. The summed E-state index contributed by atoms with van der Waals surface area (Å²) in [5.74, 6) is 0.00411. The molecule has 0 amide bonds. The van der Waals surface area contributed by atoms with E-state index in [0.29, 0.717) is 33.9 Å². The van der Waals surface area contributed by atoms with E-state index in [4.69, 9.17) is 9.72 Å². The van der Waals surface area contributed by atoms with E-state index >= 15 is 0 Å². The second-order valence-corrected chi connectivity index (χ2v) is 7.85. The van der Waals surface area contributed by atoms with Crippen LogP contribution in [0.3, 0.4) is 0 Å². The van der Waals surface area contributed by atoms with Gasteiger partial charge in [-0.3, -0.25) is 0 Å². The fraction of sp³-hybridized carbons (Fsp3) is 0.227. The minimum absolute atomic E-state index is 0.280. The molecule has 3 heterocycles. The Morgan fingerprint density at radius 2 is 1.80 bits per heavy atom. The highest BCUT2D eigenvalue weighted by Crippen LogP contribution is 2.30. The lowest BCUT2D eigenvalue weighted by Gasteiger charge is -2.09. The minimum Gasteiger partial charge on any atom is -0.462 e. The number of benzene rings is 1. The van der Waals surface area contributed by atoms with Crippen molar-refractivity contribution in [1.82, 2.24) is 24.7 Å². The molecule has 0 atom stereocenters. The molecule has 30 heavy (non-hydrogen) atoms. The summed E-state index contributed by atoms with van der Waals surface area (Å²) in [6, 6.07) is 11.4. The number of carbonyl (C=O) groups excluding carboxylic acids is 1. The van der Waals surface area contributed by atoms with Gasteiger partial charge in [-0.25, -0.2) is 19.7 Å². The molecule has 8 heteroatoms. The molecule has 0 spiro atoms. The average Bonchev–Trinajstić information content (AvgIpc) is 3.03. The van der Waals surface area contributed by atoms with Gasteiger partial charge in [0.15, 0.2) is 5.65 Å². The number of hydrogen-bond acceptors (Lipinski definition) is 6. The van der Waals surface area contributed by atoms with Crippen molar-refractivity contribution in [2.24, 2.45) is 0 Å². The molecule has 0 saturated heterocycles. The standard InChI is InChI=1S/C22H20BrN5O2/c1-5-30-21(29)17-11-18(15-7-6-8-16(23)10-15)26-20-19(17)14(4)27-28(20)22-24-12(2)9-13(3)25-22/h6-11H,5H2,1-4H3. The largest absolute Gasteiger partial charge is 0.462 e. The van der Waals surface area contributed by atoms with Gasteiger partial charge in [0.2, 0.25) is 0 Å². The van der Waals surface area contributed by atoms with Crippen LogP contribution >= 0.6 is 15.9 Å². The Balaban J connectivity index is 2.05. The molecule has 0 aliphatic rings. The minimum atomic E-state index is -0.412. The number of nitrogens with zero attached hydrogens (tertiary/aromatic N) is 5. The summed E-state index contributed by atoms with van der Waals surface area (Å²) in [5, 5.41) is 5.24. The molecule has 3 aromatic heterocycles. The second kappa shape index (κ2) is 7.95. The van der Waals surface area contributed by atoms with Crippen LogP contribution in [-0.4, -0.2) is 37.3 Å². The van der Waals surface area contributed by atoms with E-state index < -0.39 is 5.97 Å². The smallest absolute Gasteiger partial charge is 0.339 e. The van der Waals surface area contributed by atoms with Crippen LogP contribution in [0.5, 0.6) is 0 Å². The summed E-state index contributed by atoms with van der Waals surface area (Å²) in [4.78, 5) is 26.7. The number of aromatic nitrogens is 5. The van der Waals surface area contributed by atoms with Crippen LogP contribution in [0.25, 0.3) is 28.2 Å². The first-order chi connectivity index (χ1) is 14.4. The molecule has 0 N–H and O–H groups in total. The van der Waals surface area contributed by atoms with E-state index in [1.807, 2.05) is 51.1 Å². The summed E-state index contributed by atoms with van der Waals surface area (Å²) >= 11 is 3.50. The van der Waals surface area contributed by atoms with E-state index in [9.17, 15) is 4.79 Å². The lowest BCUT2D eigenvalue weighted by molar-refractivity contribution is 0.0528.